The van der Waals surface area contributed by atoms with Crippen LogP contribution in [-0.2, 0) is 6.54 Å². The molecule has 0 saturated heterocycles. The molecule has 0 bridgehead atoms. The summed E-state index contributed by atoms with van der Waals surface area (Å²) in [4.78, 5) is 14.7. The fourth-order valence-electron chi connectivity index (χ4n) is 3.10. The van der Waals surface area contributed by atoms with E-state index in [0.717, 1.165) is 17.8 Å². The zero-order chi connectivity index (χ0) is 13.4. The Kier molecular flexibility index (Phi) is 4.21. The van der Waals surface area contributed by atoms with E-state index in [9.17, 15) is 4.79 Å². The number of nitrogens with zero attached hydrogens (tertiary/aromatic N) is 2. The number of amides is 1. The Morgan fingerprint density at radius 1 is 1.16 bits per heavy atom. The van der Waals surface area contributed by atoms with Crippen LogP contribution in [0.2, 0.25) is 0 Å². The van der Waals surface area contributed by atoms with Crippen molar-refractivity contribution >= 4 is 57.3 Å². The highest BCUT2D eigenvalue weighted by Crippen LogP contribution is 2.34. The minimum atomic E-state index is 0.235. The van der Waals surface area contributed by atoms with Gasteiger partial charge in [0, 0.05) is 18.2 Å². The van der Waals surface area contributed by atoms with E-state index in [0.29, 0.717) is 6.04 Å². The Labute approximate surface area is 141 Å². The van der Waals surface area contributed by atoms with E-state index < -0.39 is 0 Å². The lowest BCUT2D eigenvalue weighted by molar-refractivity contribution is 0.0660. The fraction of sp³-hybridized carbons (Fsp3) is 0.500. The SMILES string of the molecule is O=C1c2cc(N(I)I)ccc2CN1C1CCCCC1. The summed E-state index contributed by atoms with van der Waals surface area (Å²) in [5.41, 5.74) is 3.18. The third-order valence-electron chi connectivity index (χ3n) is 4.14. The Balaban J connectivity index is 1.84. The second-order valence-electron chi connectivity index (χ2n) is 5.30. The molecule has 0 atom stereocenters. The van der Waals surface area contributed by atoms with Crippen molar-refractivity contribution in [3.8, 4) is 0 Å². The lowest BCUT2D eigenvalue weighted by Crippen LogP contribution is -2.36. The molecule has 1 aliphatic carbocycles. The summed E-state index contributed by atoms with van der Waals surface area (Å²) in [6.45, 7) is 0.807. The van der Waals surface area contributed by atoms with Gasteiger partial charge >= 0.3 is 0 Å². The quantitative estimate of drug-likeness (QED) is 0.459. The predicted octanol–water partition coefficient (Wildman–Crippen LogP) is 4.48. The van der Waals surface area contributed by atoms with E-state index in [-0.39, 0.29) is 5.91 Å². The van der Waals surface area contributed by atoms with Crippen LogP contribution in [0.1, 0.15) is 48.0 Å². The van der Waals surface area contributed by atoms with E-state index in [1.807, 2.05) is 7.39 Å². The molecule has 0 aromatic heterocycles. The number of halogens is 2. The molecule has 0 N–H and O–H groups in total. The summed E-state index contributed by atoms with van der Waals surface area (Å²) in [5, 5.41) is 0. The van der Waals surface area contributed by atoms with Crippen LogP contribution in [0, 0.1) is 0 Å². The summed E-state index contributed by atoms with van der Waals surface area (Å²) in [5.74, 6) is 0.235. The van der Waals surface area contributed by atoms with Gasteiger partial charge in [-0.3, -0.25) is 6.12 Å². The van der Waals surface area contributed by atoms with E-state index >= 15 is 0 Å². The molecule has 3 rings (SSSR count). The van der Waals surface area contributed by atoms with Crippen LogP contribution in [-0.4, -0.2) is 16.8 Å². The Bertz CT molecular complexity index is 498. The molecule has 0 radical (unpaired) electrons. The molecule has 19 heavy (non-hydrogen) atoms. The Morgan fingerprint density at radius 3 is 2.58 bits per heavy atom. The van der Waals surface area contributed by atoms with Gasteiger partial charge in [-0.15, -0.1) is 0 Å². The van der Waals surface area contributed by atoms with E-state index in [2.05, 4.69) is 62.8 Å². The van der Waals surface area contributed by atoms with Crippen LogP contribution in [0.4, 0.5) is 5.69 Å². The van der Waals surface area contributed by atoms with Gasteiger partial charge in [0.1, 0.15) is 0 Å². The Morgan fingerprint density at radius 2 is 1.89 bits per heavy atom. The summed E-state index contributed by atoms with van der Waals surface area (Å²) in [7, 11) is 0. The maximum atomic E-state index is 12.6. The summed E-state index contributed by atoms with van der Waals surface area (Å²) in [6, 6.07) is 6.69. The highest BCUT2D eigenvalue weighted by Gasteiger charge is 2.33. The van der Waals surface area contributed by atoms with E-state index in [1.54, 1.807) is 0 Å². The van der Waals surface area contributed by atoms with Crippen LogP contribution in [0.5, 0.6) is 0 Å². The van der Waals surface area contributed by atoms with Crippen molar-refractivity contribution in [1.29, 1.82) is 0 Å². The molecular formula is C14H16I2N2O. The van der Waals surface area contributed by atoms with Crippen LogP contribution < -0.4 is 1.33 Å². The van der Waals surface area contributed by atoms with Gasteiger partial charge in [-0.25, -0.2) is 0 Å². The number of carbonyl (C=O) groups excluding carboxylic acids is 1. The molecule has 1 fully saturated rings. The van der Waals surface area contributed by atoms with Gasteiger partial charge in [-0.2, -0.15) is 0 Å². The van der Waals surface area contributed by atoms with Crippen molar-refractivity contribution in [3.05, 3.63) is 29.3 Å². The molecule has 3 nitrogen and oxygen atoms in total. The third-order valence-corrected chi connectivity index (χ3v) is 5.25. The van der Waals surface area contributed by atoms with Crippen molar-refractivity contribution in [2.45, 2.75) is 44.7 Å². The van der Waals surface area contributed by atoms with Crippen molar-refractivity contribution in [1.82, 2.24) is 4.90 Å². The molecule has 2 aliphatic rings. The van der Waals surface area contributed by atoms with Crippen LogP contribution in [0.15, 0.2) is 18.2 Å². The first-order valence-corrected chi connectivity index (χ1v) is 8.65. The van der Waals surface area contributed by atoms with Crippen molar-refractivity contribution < 1.29 is 4.79 Å². The maximum Gasteiger partial charge on any atom is 0.254 e. The smallest absolute Gasteiger partial charge is 0.254 e. The standard InChI is InChI=1S/C14H16I2N2O/c15-18(16)12-7-6-10-9-17(14(19)13(10)8-12)11-4-2-1-3-5-11/h6-8,11H,1-5,9H2. The lowest BCUT2D eigenvalue weighted by Gasteiger charge is -2.30. The highest BCUT2D eigenvalue weighted by molar-refractivity contribution is 14.2. The van der Waals surface area contributed by atoms with Crippen molar-refractivity contribution in [2.24, 2.45) is 0 Å². The molecule has 0 unspecified atom stereocenters. The minimum absolute atomic E-state index is 0.235. The molecule has 1 aromatic rings. The zero-order valence-corrected chi connectivity index (χ0v) is 14.9. The topological polar surface area (TPSA) is 23.6 Å². The van der Waals surface area contributed by atoms with Crippen LogP contribution >= 0.6 is 45.7 Å². The number of rotatable bonds is 2. The molecule has 102 valence electrons. The minimum Gasteiger partial charge on any atom is -0.331 e. The molecule has 1 aromatic carbocycles. The first-order chi connectivity index (χ1) is 9.16. The number of anilines is 1. The molecule has 5 heteroatoms. The average Bonchev–Trinajstić information content (AvgIpc) is 2.77. The molecule has 1 amide bonds. The van der Waals surface area contributed by atoms with Gasteiger partial charge in [-0.1, -0.05) is 25.3 Å². The largest absolute Gasteiger partial charge is 0.331 e. The van der Waals surface area contributed by atoms with E-state index in [1.165, 1.54) is 37.7 Å². The summed E-state index contributed by atoms with van der Waals surface area (Å²) >= 11 is 4.45. The molecular weight excluding hydrogens is 466 g/mol. The third kappa shape index (κ3) is 2.72. The normalized spacial score (nSPS) is 19.7. The number of benzene rings is 1. The van der Waals surface area contributed by atoms with Gasteiger partial charge < -0.3 is 4.90 Å². The lowest BCUT2D eigenvalue weighted by atomic mass is 9.94. The van der Waals surface area contributed by atoms with Gasteiger partial charge in [-0.05, 0) is 30.5 Å². The molecule has 0 spiro atoms. The van der Waals surface area contributed by atoms with Crippen LogP contribution in [0.25, 0.3) is 0 Å². The number of hydrogen-bond donors (Lipinski definition) is 0. The average molecular weight is 482 g/mol. The zero-order valence-electron chi connectivity index (χ0n) is 10.6. The fourth-order valence-corrected chi connectivity index (χ4v) is 3.70. The second kappa shape index (κ2) is 5.75. The first kappa shape index (κ1) is 13.9. The number of hydrogen-bond acceptors (Lipinski definition) is 2. The van der Waals surface area contributed by atoms with Gasteiger partial charge in [0.05, 0.1) is 51.4 Å². The summed E-state index contributed by atoms with van der Waals surface area (Å²) in [6.07, 6.45) is 6.22. The first-order valence-electron chi connectivity index (χ1n) is 6.72. The molecule has 1 aliphatic heterocycles. The molecule has 1 saturated carbocycles. The van der Waals surface area contributed by atoms with E-state index in [4.69, 9.17) is 0 Å². The Hall–Kier alpha value is -0.0500. The highest BCUT2D eigenvalue weighted by atomic mass is 127. The van der Waals surface area contributed by atoms with Crippen molar-refractivity contribution in [3.63, 3.8) is 0 Å². The second-order valence-corrected chi connectivity index (χ2v) is 9.08. The van der Waals surface area contributed by atoms with Crippen LogP contribution in [0.3, 0.4) is 0 Å². The molecule has 1 heterocycles. The van der Waals surface area contributed by atoms with Gasteiger partial charge in [0.25, 0.3) is 5.91 Å². The van der Waals surface area contributed by atoms with Gasteiger partial charge in [0.2, 0.25) is 0 Å². The maximum absolute atomic E-state index is 12.6. The van der Waals surface area contributed by atoms with Gasteiger partial charge in [0.15, 0.2) is 0 Å². The number of carbonyl (C=O) groups is 1. The number of fused-ring (bicyclic) bond motifs is 1. The monoisotopic (exact) mass is 482 g/mol. The summed E-state index contributed by atoms with van der Waals surface area (Å²) < 4.78 is 1.99. The predicted molar refractivity (Wildman–Crippen MR) is 93.7 cm³/mol. The van der Waals surface area contributed by atoms with Crippen molar-refractivity contribution in [2.75, 3.05) is 1.33 Å².